The van der Waals surface area contributed by atoms with Crippen molar-refractivity contribution in [3.8, 4) is 0 Å². The number of hydrogen-bond acceptors (Lipinski definition) is 6. The molecule has 0 aliphatic rings. The van der Waals surface area contributed by atoms with Gasteiger partial charge in [0, 0.05) is 19.3 Å². The highest BCUT2D eigenvalue weighted by Crippen LogP contribution is 2.12. The molecule has 0 fully saturated rings. The molecule has 1 unspecified atom stereocenters. The third-order valence-electron chi connectivity index (χ3n) is 9.30. The van der Waals surface area contributed by atoms with Crippen LogP contribution >= 0.6 is 0 Å². The van der Waals surface area contributed by atoms with Gasteiger partial charge in [-0.2, -0.15) is 0 Å². The SMILES string of the molecule is CC/C=C\C/C=C\C/C=C\C/C=C\CCCCCC(=O)OCC(COC(=O)CCCCCC/C=C\CCCC)OC(=O)CCCCCC/C=C\C/C=C\C/C=C\CC. The molecule has 0 N–H and O–H groups in total. The second-order valence-corrected chi connectivity index (χ2v) is 14.9. The van der Waals surface area contributed by atoms with E-state index in [1.165, 1.54) is 12.8 Å². The number of ether oxygens (including phenoxy) is 3. The summed E-state index contributed by atoms with van der Waals surface area (Å²) in [5, 5.41) is 0. The maximum Gasteiger partial charge on any atom is 0.306 e. The van der Waals surface area contributed by atoms with Crippen LogP contribution in [0, 0.1) is 0 Å². The van der Waals surface area contributed by atoms with Crippen molar-refractivity contribution in [2.45, 2.75) is 200 Å². The topological polar surface area (TPSA) is 78.9 Å². The minimum absolute atomic E-state index is 0.105. The molecule has 0 saturated carbocycles. The molecular weight excluding hydrogens is 721 g/mol. The summed E-state index contributed by atoms with van der Waals surface area (Å²) in [5.41, 5.74) is 0. The van der Waals surface area contributed by atoms with Crippen molar-refractivity contribution in [2.75, 3.05) is 13.2 Å². The fourth-order valence-corrected chi connectivity index (χ4v) is 5.84. The van der Waals surface area contributed by atoms with Crippen molar-refractivity contribution in [3.05, 3.63) is 97.2 Å². The Morgan fingerprint density at radius 3 is 1.07 bits per heavy atom. The third kappa shape index (κ3) is 43.5. The molecular formula is C52H84O6. The summed E-state index contributed by atoms with van der Waals surface area (Å²) in [4.78, 5) is 37.8. The van der Waals surface area contributed by atoms with Crippen LogP contribution in [-0.4, -0.2) is 37.2 Å². The molecule has 0 bridgehead atoms. The first-order chi connectivity index (χ1) is 28.5. The highest BCUT2D eigenvalue weighted by molar-refractivity contribution is 5.71. The van der Waals surface area contributed by atoms with Gasteiger partial charge in [0.25, 0.3) is 0 Å². The van der Waals surface area contributed by atoms with Gasteiger partial charge in [-0.3, -0.25) is 14.4 Å². The molecule has 328 valence electrons. The van der Waals surface area contributed by atoms with Gasteiger partial charge in [-0.15, -0.1) is 0 Å². The van der Waals surface area contributed by atoms with Gasteiger partial charge in [-0.05, 0) is 109 Å². The van der Waals surface area contributed by atoms with E-state index in [1.807, 2.05) is 0 Å². The summed E-state index contributed by atoms with van der Waals surface area (Å²) >= 11 is 0. The highest BCUT2D eigenvalue weighted by atomic mass is 16.6. The first-order valence-corrected chi connectivity index (χ1v) is 23.2. The van der Waals surface area contributed by atoms with Gasteiger partial charge in [0.2, 0.25) is 0 Å². The Bertz CT molecular complexity index is 1200. The van der Waals surface area contributed by atoms with Gasteiger partial charge < -0.3 is 14.2 Å². The van der Waals surface area contributed by atoms with Gasteiger partial charge in [0.15, 0.2) is 6.10 Å². The monoisotopic (exact) mass is 805 g/mol. The van der Waals surface area contributed by atoms with Gasteiger partial charge in [-0.25, -0.2) is 0 Å². The molecule has 0 heterocycles. The summed E-state index contributed by atoms with van der Waals surface area (Å²) in [6.45, 7) is 6.28. The Morgan fingerprint density at radius 2 is 0.672 bits per heavy atom. The third-order valence-corrected chi connectivity index (χ3v) is 9.30. The summed E-state index contributed by atoms with van der Waals surface area (Å²) in [5.74, 6) is -0.982. The van der Waals surface area contributed by atoms with E-state index in [9.17, 15) is 14.4 Å². The minimum Gasteiger partial charge on any atom is -0.462 e. The first-order valence-electron chi connectivity index (χ1n) is 23.2. The molecule has 0 aliphatic carbocycles. The Kier molecular flexibility index (Phi) is 43.1. The zero-order valence-corrected chi connectivity index (χ0v) is 37.3. The lowest BCUT2D eigenvalue weighted by atomic mass is 10.1. The fourth-order valence-electron chi connectivity index (χ4n) is 5.84. The number of allylic oxidation sites excluding steroid dienone is 16. The van der Waals surface area contributed by atoms with E-state index >= 15 is 0 Å². The molecule has 0 rings (SSSR count). The molecule has 0 saturated heterocycles. The Balaban J connectivity index is 4.49. The normalized spacial score (nSPS) is 12.9. The predicted octanol–water partition coefficient (Wildman–Crippen LogP) is 15.0. The molecule has 0 amide bonds. The maximum atomic E-state index is 12.7. The number of unbranched alkanes of at least 4 members (excludes halogenated alkanes) is 13. The van der Waals surface area contributed by atoms with Crippen LogP contribution < -0.4 is 0 Å². The quantitative estimate of drug-likeness (QED) is 0.0266. The molecule has 6 heteroatoms. The van der Waals surface area contributed by atoms with Crippen LogP contribution in [-0.2, 0) is 28.6 Å². The van der Waals surface area contributed by atoms with E-state index in [0.717, 1.165) is 141 Å². The van der Waals surface area contributed by atoms with Crippen molar-refractivity contribution in [3.63, 3.8) is 0 Å². The van der Waals surface area contributed by atoms with Crippen molar-refractivity contribution < 1.29 is 28.6 Å². The molecule has 0 radical (unpaired) electrons. The zero-order valence-electron chi connectivity index (χ0n) is 37.3. The summed E-state index contributed by atoms with van der Waals surface area (Å²) in [6, 6.07) is 0. The number of carbonyl (C=O) groups excluding carboxylic acids is 3. The maximum absolute atomic E-state index is 12.7. The Labute approximate surface area is 356 Å². The largest absolute Gasteiger partial charge is 0.462 e. The van der Waals surface area contributed by atoms with E-state index in [1.54, 1.807) is 0 Å². The number of esters is 3. The van der Waals surface area contributed by atoms with Crippen molar-refractivity contribution in [1.29, 1.82) is 0 Å². The fraction of sp³-hybridized carbons (Fsp3) is 0.635. The van der Waals surface area contributed by atoms with E-state index in [0.29, 0.717) is 19.3 Å². The molecule has 6 nitrogen and oxygen atoms in total. The lowest BCUT2D eigenvalue weighted by Gasteiger charge is -2.18. The molecule has 0 aromatic rings. The van der Waals surface area contributed by atoms with Gasteiger partial charge >= 0.3 is 17.9 Å². The first kappa shape index (κ1) is 54.3. The zero-order chi connectivity index (χ0) is 42.3. The highest BCUT2D eigenvalue weighted by Gasteiger charge is 2.19. The lowest BCUT2D eigenvalue weighted by Crippen LogP contribution is -2.30. The number of hydrogen-bond donors (Lipinski definition) is 0. The number of carbonyl (C=O) groups is 3. The second kappa shape index (κ2) is 46.0. The standard InChI is InChI=1S/C52H84O6/c1-4-7-10-13-16-19-22-24-26-27-29-30-33-36-39-42-45-51(54)57-48-49(47-56-50(53)44-41-38-35-32-21-18-15-12-9-6-3)58-52(55)46-43-40-37-34-31-28-25-23-20-17-14-11-8-5-2/h7-8,10-11,15-20,24-26,28-30,49H,4-6,9,12-14,21-23,27,31-48H2,1-3H3/b10-7-,11-8-,18-15-,19-16-,20-17-,26-24-,28-25-,30-29-. The molecule has 0 aromatic heterocycles. The molecule has 0 aliphatic heterocycles. The van der Waals surface area contributed by atoms with E-state index in [-0.39, 0.29) is 31.1 Å². The van der Waals surface area contributed by atoms with Crippen molar-refractivity contribution in [2.24, 2.45) is 0 Å². The Morgan fingerprint density at radius 1 is 0.362 bits per heavy atom. The molecule has 58 heavy (non-hydrogen) atoms. The Hall–Kier alpha value is -3.67. The van der Waals surface area contributed by atoms with E-state index in [2.05, 4.69) is 118 Å². The number of rotatable bonds is 40. The summed E-state index contributed by atoms with van der Waals surface area (Å²) in [6.07, 6.45) is 59.6. The molecule has 0 aromatic carbocycles. The van der Waals surface area contributed by atoms with Crippen LogP contribution in [0.25, 0.3) is 0 Å². The smallest absolute Gasteiger partial charge is 0.306 e. The predicted molar refractivity (Wildman–Crippen MR) is 247 cm³/mol. The average Bonchev–Trinajstić information content (AvgIpc) is 3.22. The van der Waals surface area contributed by atoms with E-state index in [4.69, 9.17) is 14.2 Å². The van der Waals surface area contributed by atoms with Gasteiger partial charge in [0.05, 0.1) is 0 Å². The summed E-state index contributed by atoms with van der Waals surface area (Å²) < 4.78 is 16.7. The molecule has 0 spiro atoms. The van der Waals surface area contributed by atoms with Crippen LogP contribution in [0.5, 0.6) is 0 Å². The van der Waals surface area contributed by atoms with Crippen molar-refractivity contribution in [1.82, 2.24) is 0 Å². The van der Waals surface area contributed by atoms with Gasteiger partial charge in [-0.1, -0.05) is 163 Å². The van der Waals surface area contributed by atoms with Gasteiger partial charge in [0.1, 0.15) is 13.2 Å². The van der Waals surface area contributed by atoms with Crippen molar-refractivity contribution >= 4 is 17.9 Å². The van der Waals surface area contributed by atoms with E-state index < -0.39 is 6.10 Å². The summed E-state index contributed by atoms with van der Waals surface area (Å²) in [7, 11) is 0. The molecule has 1 atom stereocenters. The van der Waals surface area contributed by atoms with Crippen LogP contribution in [0.4, 0.5) is 0 Å². The minimum atomic E-state index is -0.806. The van der Waals surface area contributed by atoms with Crippen LogP contribution in [0.3, 0.4) is 0 Å². The average molecular weight is 805 g/mol. The second-order valence-electron chi connectivity index (χ2n) is 14.9. The van der Waals surface area contributed by atoms with Crippen LogP contribution in [0.2, 0.25) is 0 Å². The van der Waals surface area contributed by atoms with Crippen LogP contribution in [0.1, 0.15) is 194 Å². The lowest BCUT2D eigenvalue weighted by molar-refractivity contribution is -0.167. The van der Waals surface area contributed by atoms with Crippen LogP contribution in [0.15, 0.2) is 97.2 Å².